The van der Waals surface area contributed by atoms with E-state index < -0.39 is 17.4 Å². The maximum Gasteiger partial charge on any atom is 0.407 e. The Labute approximate surface area is 234 Å². The van der Waals surface area contributed by atoms with Crippen molar-refractivity contribution in [3.63, 3.8) is 0 Å². The minimum atomic E-state index is -0.622. The van der Waals surface area contributed by atoms with Gasteiger partial charge in [0.2, 0.25) is 23.6 Å². The van der Waals surface area contributed by atoms with Gasteiger partial charge >= 0.3 is 6.09 Å². The predicted molar refractivity (Wildman–Crippen MR) is 147 cm³/mol. The fourth-order valence-electron chi connectivity index (χ4n) is 3.33. The van der Waals surface area contributed by atoms with Gasteiger partial charge in [0.15, 0.2) is 0 Å². The summed E-state index contributed by atoms with van der Waals surface area (Å²) in [5.74, 6) is -1.20. The van der Waals surface area contributed by atoms with Crippen molar-refractivity contribution in [2.24, 2.45) is 11.1 Å². The Hall–Kier alpha value is -2.74. The number of nitrogens with one attached hydrogen (secondary N) is 3. The van der Waals surface area contributed by atoms with E-state index >= 15 is 0 Å². The summed E-state index contributed by atoms with van der Waals surface area (Å²) < 4.78 is 10.6. The SMILES string of the molecule is CCC(C)OC(=O)NCCCOCCCNC(=O)CCN1C(=O)CC(SCC(CN=O)NC(=O)C(C)C)C1=O. The van der Waals surface area contributed by atoms with E-state index in [1.165, 1.54) is 11.8 Å². The monoisotopic (exact) mass is 573 g/mol. The van der Waals surface area contributed by atoms with Crippen LogP contribution in [0.5, 0.6) is 0 Å². The van der Waals surface area contributed by atoms with E-state index in [1.54, 1.807) is 13.8 Å². The van der Waals surface area contributed by atoms with E-state index in [1.807, 2.05) is 13.8 Å². The van der Waals surface area contributed by atoms with Crippen LogP contribution in [0, 0.1) is 10.8 Å². The molecule has 0 aromatic heterocycles. The summed E-state index contributed by atoms with van der Waals surface area (Å²) in [6.07, 6.45) is 1.44. The topological polar surface area (TPSA) is 173 Å². The summed E-state index contributed by atoms with van der Waals surface area (Å²) in [6.45, 7) is 8.84. The summed E-state index contributed by atoms with van der Waals surface area (Å²) in [7, 11) is 0. The number of thioether (sulfide) groups is 1. The number of hydrogen-bond acceptors (Lipinski definition) is 10. The lowest BCUT2D eigenvalue weighted by Crippen LogP contribution is -2.41. The standard InChI is InChI=1S/C25H43N5O8S/c1-5-18(4)38-25(35)27-10-7-13-37-12-6-9-26-21(31)8-11-30-22(32)14-20(24(30)34)39-16-19(15-28-36)29-23(33)17(2)3/h17-20H,5-16H2,1-4H3,(H,26,31)(H,27,35)(H,29,33). The second-order valence-electron chi connectivity index (χ2n) is 9.55. The molecule has 0 aromatic rings. The lowest BCUT2D eigenvalue weighted by molar-refractivity contribution is -0.138. The quantitative estimate of drug-likeness (QED) is 0.111. The second kappa shape index (κ2) is 19.3. The molecule has 5 amide bonds. The Kier molecular flexibility index (Phi) is 17.0. The van der Waals surface area contributed by atoms with Gasteiger partial charge < -0.3 is 25.4 Å². The molecule has 1 saturated heterocycles. The zero-order chi connectivity index (χ0) is 29.2. The van der Waals surface area contributed by atoms with Crippen molar-refractivity contribution in [3.05, 3.63) is 4.91 Å². The van der Waals surface area contributed by atoms with Crippen LogP contribution in [0.3, 0.4) is 0 Å². The Morgan fingerprint density at radius 2 is 1.77 bits per heavy atom. The molecule has 0 saturated carbocycles. The van der Waals surface area contributed by atoms with Crippen molar-refractivity contribution in [1.29, 1.82) is 0 Å². The molecule has 13 nitrogen and oxygen atoms in total. The molecule has 14 heteroatoms. The summed E-state index contributed by atoms with van der Waals surface area (Å²) in [4.78, 5) is 72.3. The second-order valence-corrected chi connectivity index (χ2v) is 10.8. The molecule has 0 aromatic carbocycles. The first-order valence-electron chi connectivity index (χ1n) is 13.4. The van der Waals surface area contributed by atoms with Gasteiger partial charge in [0.1, 0.15) is 12.6 Å². The fourth-order valence-corrected chi connectivity index (χ4v) is 4.51. The van der Waals surface area contributed by atoms with Gasteiger partial charge in [0, 0.05) is 57.4 Å². The molecule has 222 valence electrons. The number of amides is 5. The Balaban J connectivity index is 2.20. The van der Waals surface area contributed by atoms with E-state index in [2.05, 4.69) is 21.1 Å². The van der Waals surface area contributed by atoms with Crippen LogP contribution >= 0.6 is 11.8 Å². The Morgan fingerprint density at radius 1 is 1.10 bits per heavy atom. The molecule has 0 radical (unpaired) electrons. The molecule has 1 fully saturated rings. The van der Waals surface area contributed by atoms with Gasteiger partial charge in [0.05, 0.1) is 11.3 Å². The number of likely N-dealkylation sites (tertiary alicyclic amines) is 1. The largest absolute Gasteiger partial charge is 0.447 e. The summed E-state index contributed by atoms with van der Waals surface area (Å²) in [6, 6.07) is -0.524. The molecule has 0 bridgehead atoms. The third kappa shape index (κ3) is 14.3. The molecule has 0 aliphatic carbocycles. The van der Waals surface area contributed by atoms with E-state index in [-0.39, 0.29) is 67.3 Å². The molecule has 3 unspecified atom stereocenters. The zero-order valence-corrected chi connectivity index (χ0v) is 24.2. The number of carbonyl (C=O) groups excluding carboxylic acids is 5. The van der Waals surface area contributed by atoms with Gasteiger partial charge in [-0.2, -0.15) is 4.91 Å². The van der Waals surface area contributed by atoms with Gasteiger partial charge in [-0.25, -0.2) is 4.79 Å². The Bertz CT molecular complexity index is 828. The van der Waals surface area contributed by atoms with Crippen LogP contribution in [-0.2, 0) is 28.7 Å². The third-order valence-corrected chi connectivity index (χ3v) is 7.20. The van der Waals surface area contributed by atoms with Crippen LogP contribution in [0.4, 0.5) is 4.79 Å². The summed E-state index contributed by atoms with van der Waals surface area (Å²) in [5.41, 5.74) is 0. The van der Waals surface area contributed by atoms with Gasteiger partial charge in [0.25, 0.3) is 0 Å². The zero-order valence-electron chi connectivity index (χ0n) is 23.4. The number of alkyl carbamates (subject to hydrolysis) is 1. The molecule has 1 aliphatic rings. The lowest BCUT2D eigenvalue weighted by atomic mass is 10.2. The molecular weight excluding hydrogens is 530 g/mol. The number of imide groups is 1. The normalized spacial score (nSPS) is 16.6. The average Bonchev–Trinajstić information content (AvgIpc) is 3.16. The lowest BCUT2D eigenvalue weighted by Gasteiger charge is -2.19. The highest BCUT2D eigenvalue weighted by molar-refractivity contribution is 8.00. The van der Waals surface area contributed by atoms with Crippen LogP contribution in [0.1, 0.15) is 59.8 Å². The number of ether oxygens (including phenoxy) is 2. The van der Waals surface area contributed by atoms with Crippen LogP contribution < -0.4 is 16.0 Å². The first kappa shape index (κ1) is 34.3. The maximum absolute atomic E-state index is 12.7. The van der Waals surface area contributed by atoms with E-state index in [0.717, 1.165) is 11.3 Å². The molecule has 39 heavy (non-hydrogen) atoms. The van der Waals surface area contributed by atoms with Crippen LogP contribution in [0.15, 0.2) is 5.18 Å². The molecule has 0 spiro atoms. The van der Waals surface area contributed by atoms with Crippen molar-refractivity contribution < 1.29 is 33.4 Å². The van der Waals surface area contributed by atoms with Crippen LogP contribution in [0.2, 0.25) is 0 Å². The predicted octanol–water partition coefficient (Wildman–Crippen LogP) is 1.58. The van der Waals surface area contributed by atoms with Gasteiger partial charge in [-0.3, -0.25) is 24.1 Å². The van der Waals surface area contributed by atoms with Crippen molar-refractivity contribution >= 4 is 41.5 Å². The average molecular weight is 574 g/mol. The highest BCUT2D eigenvalue weighted by atomic mass is 32.2. The fraction of sp³-hybridized carbons (Fsp3) is 0.800. The third-order valence-electron chi connectivity index (χ3n) is 5.83. The van der Waals surface area contributed by atoms with Crippen molar-refractivity contribution in [1.82, 2.24) is 20.9 Å². The van der Waals surface area contributed by atoms with Crippen LogP contribution in [-0.4, -0.2) is 97.2 Å². The first-order chi connectivity index (χ1) is 18.6. The van der Waals surface area contributed by atoms with Crippen molar-refractivity contribution in [2.45, 2.75) is 77.2 Å². The minimum Gasteiger partial charge on any atom is -0.447 e. The van der Waals surface area contributed by atoms with Gasteiger partial charge in [-0.15, -0.1) is 11.8 Å². The van der Waals surface area contributed by atoms with E-state index in [9.17, 15) is 28.9 Å². The minimum absolute atomic E-state index is 0.00370. The van der Waals surface area contributed by atoms with Gasteiger partial charge in [-0.05, 0) is 26.2 Å². The van der Waals surface area contributed by atoms with Gasteiger partial charge in [-0.1, -0.05) is 25.9 Å². The number of nitrogens with zero attached hydrogens (tertiary/aromatic N) is 2. The molecule has 3 N–H and O–H groups in total. The summed E-state index contributed by atoms with van der Waals surface area (Å²) in [5, 5.41) is 10.4. The highest BCUT2D eigenvalue weighted by Crippen LogP contribution is 2.26. The van der Waals surface area contributed by atoms with E-state index in [4.69, 9.17) is 9.47 Å². The molecule has 1 heterocycles. The van der Waals surface area contributed by atoms with Crippen molar-refractivity contribution in [2.75, 3.05) is 45.1 Å². The molecule has 3 atom stereocenters. The summed E-state index contributed by atoms with van der Waals surface area (Å²) >= 11 is 1.20. The highest BCUT2D eigenvalue weighted by Gasteiger charge is 2.39. The number of nitroso groups, excluding NO2 is 1. The Morgan fingerprint density at radius 3 is 2.38 bits per heavy atom. The van der Waals surface area contributed by atoms with Crippen molar-refractivity contribution in [3.8, 4) is 0 Å². The maximum atomic E-state index is 12.7. The van der Waals surface area contributed by atoms with E-state index in [0.29, 0.717) is 39.1 Å². The smallest absolute Gasteiger partial charge is 0.407 e. The molecule has 1 aliphatic heterocycles. The number of carbonyl (C=O) groups is 5. The molecular formula is C25H43N5O8S. The number of rotatable bonds is 20. The first-order valence-corrected chi connectivity index (χ1v) is 14.5. The number of hydrogen-bond donors (Lipinski definition) is 3. The molecule has 1 rings (SSSR count). The van der Waals surface area contributed by atoms with Crippen LogP contribution in [0.25, 0.3) is 0 Å².